The molecule has 0 amide bonds. The molecule has 5 nitrogen and oxygen atoms in total. The fourth-order valence-electron chi connectivity index (χ4n) is 2.04. The molecule has 0 fully saturated rings. The van der Waals surface area contributed by atoms with E-state index in [9.17, 15) is 9.90 Å². The molecule has 0 saturated heterocycles. The van der Waals surface area contributed by atoms with E-state index in [0.29, 0.717) is 17.0 Å². The van der Waals surface area contributed by atoms with Crippen LogP contribution in [0.1, 0.15) is 15.9 Å². The predicted octanol–water partition coefficient (Wildman–Crippen LogP) is 2.63. The summed E-state index contributed by atoms with van der Waals surface area (Å²) in [6, 6.07) is 8.66. The highest BCUT2D eigenvalue weighted by Gasteiger charge is 2.14. The van der Waals surface area contributed by atoms with Crippen LogP contribution in [0.2, 0.25) is 0 Å². The first-order valence-electron chi connectivity index (χ1n) is 5.81. The number of aromatic amines is 1. The van der Waals surface area contributed by atoms with E-state index < -0.39 is 5.97 Å². The Balaban J connectivity index is 2.25. The zero-order valence-electron chi connectivity index (χ0n) is 10.2. The summed E-state index contributed by atoms with van der Waals surface area (Å²) in [6.07, 6.45) is 1.69. The Bertz CT molecular complexity index is 777. The number of carboxylic acid groups (broad SMARTS) is 1. The second-order valence-corrected chi connectivity index (χ2v) is 4.26. The van der Waals surface area contributed by atoms with Crippen molar-refractivity contribution >= 4 is 17.1 Å². The van der Waals surface area contributed by atoms with Crippen molar-refractivity contribution in [3.8, 4) is 11.4 Å². The minimum atomic E-state index is -0.972. The first-order chi connectivity index (χ1) is 9.16. The Morgan fingerprint density at radius 1 is 1.26 bits per heavy atom. The average Bonchev–Trinajstić information content (AvgIpc) is 2.84. The summed E-state index contributed by atoms with van der Waals surface area (Å²) in [4.78, 5) is 22.9. The van der Waals surface area contributed by atoms with Gasteiger partial charge in [-0.15, -0.1) is 0 Å². The number of H-pyrrole nitrogens is 1. The smallest absolute Gasteiger partial charge is 0.336 e. The molecule has 1 aromatic carbocycles. The van der Waals surface area contributed by atoms with E-state index in [-0.39, 0.29) is 5.56 Å². The van der Waals surface area contributed by atoms with Crippen molar-refractivity contribution in [2.24, 2.45) is 0 Å². The van der Waals surface area contributed by atoms with Crippen molar-refractivity contribution < 1.29 is 9.90 Å². The second kappa shape index (κ2) is 4.20. The van der Waals surface area contributed by atoms with Gasteiger partial charge in [-0.05, 0) is 24.6 Å². The first-order valence-corrected chi connectivity index (χ1v) is 5.81. The molecule has 2 aromatic heterocycles. The van der Waals surface area contributed by atoms with Crippen molar-refractivity contribution in [3.05, 3.63) is 47.7 Å². The molecular formula is C14H11N3O2. The summed E-state index contributed by atoms with van der Waals surface area (Å²) in [6.45, 7) is 1.95. The number of carbonyl (C=O) groups is 1. The number of aryl methyl sites for hydroxylation is 1. The van der Waals surface area contributed by atoms with Gasteiger partial charge in [-0.2, -0.15) is 0 Å². The number of pyridine rings is 1. The monoisotopic (exact) mass is 253 g/mol. The number of carboxylic acids is 1. The van der Waals surface area contributed by atoms with Crippen LogP contribution >= 0.6 is 0 Å². The van der Waals surface area contributed by atoms with E-state index in [0.717, 1.165) is 11.1 Å². The molecule has 5 heteroatoms. The summed E-state index contributed by atoms with van der Waals surface area (Å²) in [7, 11) is 0. The van der Waals surface area contributed by atoms with Crippen LogP contribution in [0.3, 0.4) is 0 Å². The first kappa shape index (κ1) is 11.4. The summed E-state index contributed by atoms with van der Waals surface area (Å²) >= 11 is 0. The fourth-order valence-corrected chi connectivity index (χ4v) is 2.04. The highest BCUT2D eigenvalue weighted by molar-refractivity contribution is 5.95. The lowest BCUT2D eigenvalue weighted by Crippen LogP contribution is -1.99. The molecule has 0 atom stereocenters. The van der Waals surface area contributed by atoms with Crippen molar-refractivity contribution in [2.45, 2.75) is 6.92 Å². The van der Waals surface area contributed by atoms with E-state index in [1.807, 2.05) is 13.0 Å². The lowest BCUT2D eigenvalue weighted by atomic mass is 10.1. The Labute approximate surface area is 109 Å². The molecule has 0 spiro atoms. The molecule has 0 aliphatic rings. The van der Waals surface area contributed by atoms with Crippen LogP contribution in [-0.2, 0) is 0 Å². The molecule has 19 heavy (non-hydrogen) atoms. The number of fused-ring (bicyclic) bond motifs is 1. The SMILES string of the molecule is Cc1ccnc2nc(-c3ccccc3C(=O)O)[nH]c12. The van der Waals surface area contributed by atoms with Gasteiger partial charge in [0, 0.05) is 11.8 Å². The normalized spacial score (nSPS) is 10.8. The summed E-state index contributed by atoms with van der Waals surface area (Å²) in [5, 5.41) is 9.20. The van der Waals surface area contributed by atoms with Gasteiger partial charge in [-0.1, -0.05) is 18.2 Å². The van der Waals surface area contributed by atoms with Crippen LogP contribution in [0.25, 0.3) is 22.6 Å². The maximum Gasteiger partial charge on any atom is 0.336 e. The largest absolute Gasteiger partial charge is 0.478 e. The molecule has 0 radical (unpaired) electrons. The Kier molecular flexibility index (Phi) is 2.52. The molecule has 3 aromatic rings. The summed E-state index contributed by atoms with van der Waals surface area (Å²) < 4.78 is 0. The zero-order chi connectivity index (χ0) is 13.4. The maximum absolute atomic E-state index is 11.2. The van der Waals surface area contributed by atoms with Crippen LogP contribution in [0.5, 0.6) is 0 Å². The third-order valence-electron chi connectivity index (χ3n) is 3.01. The highest BCUT2D eigenvalue weighted by atomic mass is 16.4. The lowest BCUT2D eigenvalue weighted by molar-refractivity contribution is 0.0697. The molecule has 2 heterocycles. The molecular weight excluding hydrogens is 242 g/mol. The van der Waals surface area contributed by atoms with Crippen molar-refractivity contribution in [1.82, 2.24) is 15.0 Å². The van der Waals surface area contributed by atoms with Crippen molar-refractivity contribution in [3.63, 3.8) is 0 Å². The van der Waals surface area contributed by atoms with E-state index >= 15 is 0 Å². The lowest BCUT2D eigenvalue weighted by Gasteiger charge is -2.01. The van der Waals surface area contributed by atoms with Crippen LogP contribution in [0.15, 0.2) is 36.5 Å². The molecule has 0 unspecified atom stereocenters. The quantitative estimate of drug-likeness (QED) is 0.735. The fraction of sp³-hybridized carbons (Fsp3) is 0.0714. The van der Waals surface area contributed by atoms with E-state index in [4.69, 9.17) is 0 Å². The minimum Gasteiger partial charge on any atom is -0.478 e. The molecule has 0 bridgehead atoms. The predicted molar refractivity (Wildman–Crippen MR) is 71.0 cm³/mol. The number of imidazole rings is 1. The average molecular weight is 253 g/mol. The minimum absolute atomic E-state index is 0.221. The van der Waals surface area contributed by atoms with Crippen LogP contribution in [-0.4, -0.2) is 26.0 Å². The molecule has 3 rings (SSSR count). The molecule has 94 valence electrons. The molecule has 0 aliphatic carbocycles. The van der Waals surface area contributed by atoms with Gasteiger partial charge >= 0.3 is 5.97 Å². The van der Waals surface area contributed by atoms with E-state index in [1.165, 1.54) is 0 Å². The number of aromatic nitrogens is 3. The molecule has 0 aliphatic heterocycles. The van der Waals surface area contributed by atoms with Gasteiger partial charge in [-0.3, -0.25) is 0 Å². The van der Waals surface area contributed by atoms with Crippen molar-refractivity contribution in [1.29, 1.82) is 0 Å². The van der Waals surface area contributed by atoms with Gasteiger partial charge < -0.3 is 10.1 Å². The number of hydrogen-bond donors (Lipinski definition) is 2. The number of aromatic carboxylic acids is 1. The van der Waals surface area contributed by atoms with E-state index in [2.05, 4.69) is 15.0 Å². The Morgan fingerprint density at radius 2 is 2.05 bits per heavy atom. The van der Waals surface area contributed by atoms with Gasteiger partial charge in [0.1, 0.15) is 5.82 Å². The number of nitrogens with zero attached hydrogens (tertiary/aromatic N) is 2. The Morgan fingerprint density at radius 3 is 2.79 bits per heavy atom. The molecule has 0 saturated carbocycles. The van der Waals surface area contributed by atoms with Gasteiger partial charge in [0.25, 0.3) is 0 Å². The number of rotatable bonds is 2. The van der Waals surface area contributed by atoms with E-state index in [1.54, 1.807) is 30.5 Å². The third-order valence-corrected chi connectivity index (χ3v) is 3.01. The van der Waals surface area contributed by atoms with Crippen LogP contribution < -0.4 is 0 Å². The summed E-state index contributed by atoms with van der Waals surface area (Å²) in [5.41, 5.74) is 3.23. The number of benzene rings is 1. The van der Waals surface area contributed by atoms with Gasteiger partial charge in [0.15, 0.2) is 5.65 Å². The van der Waals surface area contributed by atoms with Gasteiger partial charge in [0.2, 0.25) is 0 Å². The maximum atomic E-state index is 11.2. The zero-order valence-corrected chi connectivity index (χ0v) is 10.2. The van der Waals surface area contributed by atoms with Gasteiger partial charge in [-0.25, -0.2) is 14.8 Å². The van der Waals surface area contributed by atoms with Crippen molar-refractivity contribution in [2.75, 3.05) is 0 Å². The van der Waals surface area contributed by atoms with Crippen LogP contribution in [0.4, 0.5) is 0 Å². The number of nitrogens with one attached hydrogen (secondary N) is 1. The highest BCUT2D eigenvalue weighted by Crippen LogP contribution is 2.24. The van der Waals surface area contributed by atoms with Crippen LogP contribution in [0, 0.1) is 6.92 Å². The summed E-state index contributed by atoms with van der Waals surface area (Å²) in [5.74, 6) is -0.449. The Hall–Kier alpha value is -2.69. The standard InChI is InChI=1S/C14H11N3O2/c1-8-6-7-15-13-11(8)16-12(17-13)9-4-2-3-5-10(9)14(18)19/h2-7H,1H3,(H,18,19)(H,15,16,17). The molecule has 2 N–H and O–H groups in total. The topological polar surface area (TPSA) is 78.9 Å². The number of hydrogen-bond acceptors (Lipinski definition) is 3. The third kappa shape index (κ3) is 1.85. The van der Waals surface area contributed by atoms with Gasteiger partial charge in [0.05, 0.1) is 11.1 Å². The second-order valence-electron chi connectivity index (χ2n) is 4.26.